The molecule has 0 aromatic heterocycles. The highest BCUT2D eigenvalue weighted by molar-refractivity contribution is 5.86. The summed E-state index contributed by atoms with van der Waals surface area (Å²) >= 11 is 0. The summed E-state index contributed by atoms with van der Waals surface area (Å²) in [6.45, 7) is 6.03. The monoisotopic (exact) mass is 198 g/mol. The maximum Gasteiger partial charge on any atom is 0.240 e. The van der Waals surface area contributed by atoms with Crippen LogP contribution in [0.3, 0.4) is 0 Å². The first-order valence-electron chi connectivity index (χ1n) is 5.57. The van der Waals surface area contributed by atoms with E-state index >= 15 is 0 Å². The lowest BCUT2D eigenvalue weighted by Crippen LogP contribution is -2.61. The number of amides is 1. The topological polar surface area (TPSA) is 55.1 Å². The lowest BCUT2D eigenvalue weighted by Gasteiger charge is -2.41. The fourth-order valence-corrected chi connectivity index (χ4v) is 1.80. The Labute approximate surface area is 86.4 Å². The molecule has 0 atom stereocenters. The van der Waals surface area contributed by atoms with Gasteiger partial charge in [-0.2, -0.15) is 0 Å². The van der Waals surface area contributed by atoms with Crippen LogP contribution in [0.15, 0.2) is 0 Å². The van der Waals surface area contributed by atoms with Gasteiger partial charge in [-0.1, -0.05) is 13.8 Å². The molecule has 14 heavy (non-hydrogen) atoms. The standard InChI is InChI=1S/C11H22N2O/c1-4-11(12,5-2)9(14)13-10(3)7-6-8-10/h4-8,12H2,1-3H3,(H,13,14). The summed E-state index contributed by atoms with van der Waals surface area (Å²) in [5, 5.41) is 3.07. The third-order valence-corrected chi connectivity index (χ3v) is 3.59. The lowest BCUT2D eigenvalue weighted by atomic mass is 9.77. The minimum Gasteiger partial charge on any atom is -0.349 e. The number of nitrogens with one attached hydrogen (secondary N) is 1. The average molecular weight is 198 g/mol. The van der Waals surface area contributed by atoms with E-state index in [2.05, 4.69) is 12.2 Å². The molecule has 0 aromatic carbocycles. The summed E-state index contributed by atoms with van der Waals surface area (Å²) in [7, 11) is 0. The van der Waals surface area contributed by atoms with Gasteiger partial charge < -0.3 is 11.1 Å². The van der Waals surface area contributed by atoms with E-state index in [0.29, 0.717) is 12.8 Å². The molecular formula is C11H22N2O. The third kappa shape index (κ3) is 2.08. The van der Waals surface area contributed by atoms with Crippen LogP contribution < -0.4 is 11.1 Å². The van der Waals surface area contributed by atoms with Crippen molar-refractivity contribution in [3.63, 3.8) is 0 Å². The fraction of sp³-hybridized carbons (Fsp3) is 0.909. The number of rotatable bonds is 4. The second-order valence-corrected chi connectivity index (χ2v) is 4.73. The molecule has 0 aliphatic heterocycles. The van der Waals surface area contributed by atoms with E-state index in [1.54, 1.807) is 0 Å². The van der Waals surface area contributed by atoms with E-state index in [-0.39, 0.29) is 11.4 Å². The zero-order valence-electron chi connectivity index (χ0n) is 9.52. The highest BCUT2D eigenvalue weighted by atomic mass is 16.2. The van der Waals surface area contributed by atoms with Gasteiger partial charge in [0.05, 0.1) is 5.54 Å². The van der Waals surface area contributed by atoms with Crippen molar-refractivity contribution in [1.82, 2.24) is 5.32 Å². The van der Waals surface area contributed by atoms with E-state index in [1.165, 1.54) is 6.42 Å². The van der Waals surface area contributed by atoms with E-state index in [1.807, 2.05) is 13.8 Å². The molecule has 1 amide bonds. The predicted molar refractivity (Wildman–Crippen MR) is 57.9 cm³/mol. The summed E-state index contributed by atoms with van der Waals surface area (Å²) in [4.78, 5) is 11.9. The molecule has 0 heterocycles. The minimum atomic E-state index is -0.668. The van der Waals surface area contributed by atoms with Gasteiger partial charge in [-0.25, -0.2) is 0 Å². The van der Waals surface area contributed by atoms with Crippen LogP contribution in [0.25, 0.3) is 0 Å². The Morgan fingerprint density at radius 2 is 1.93 bits per heavy atom. The average Bonchev–Trinajstić information content (AvgIpc) is 2.14. The van der Waals surface area contributed by atoms with Crippen LogP contribution in [0.1, 0.15) is 52.9 Å². The van der Waals surface area contributed by atoms with E-state index < -0.39 is 5.54 Å². The molecule has 1 aliphatic rings. The summed E-state index contributed by atoms with van der Waals surface area (Å²) in [6.07, 6.45) is 4.79. The molecule has 1 rings (SSSR count). The minimum absolute atomic E-state index is 0.0182. The SMILES string of the molecule is CCC(N)(CC)C(=O)NC1(C)CCC1. The van der Waals surface area contributed by atoms with Gasteiger partial charge in [-0.05, 0) is 39.0 Å². The zero-order valence-corrected chi connectivity index (χ0v) is 9.52. The van der Waals surface area contributed by atoms with Crippen LogP contribution in [0.5, 0.6) is 0 Å². The predicted octanol–water partition coefficient (Wildman–Crippen LogP) is 1.56. The maximum atomic E-state index is 11.9. The summed E-state index contributed by atoms with van der Waals surface area (Å²) in [5.41, 5.74) is 5.37. The van der Waals surface area contributed by atoms with Crippen molar-refractivity contribution in [3.05, 3.63) is 0 Å². The Bertz CT molecular complexity index is 217. The van der Waals surface area contributed by atoms with Crippen LogP contribution in [-0.2, 0) is 4.79 Å². The second-order valence-electron chi connectivity index (χ2n) is 4.73. The number of nitrogens with two attached hydrogens (primary N) is 1. The molecule has 0 unspecified atom stereocenters. The molecule has 3 nitrogen and oxygen atoms in total. The summed E-state index contributed by atoms with van der Waals surface area (Å²) in [6, 6.07) is 0. The third-order valence-electron chi connectivity index (χ3n) is 3.59. The van der Waals surface area contributed by atoms with Crippen LogP contribution in [0.2, 0.25) is 0 Å². The highest BCUT2D eigenvalue weighted by Gasteiger charge is 2.38. The first-order valence-corrected chi connectivity index (χ1v) is 5.57. The molecule has 0 radical (unpaired) electrons. The van der Waals surface area contributed by atoms with Crippen molar-refractivity contribution in [2.75, 3.05) is 0 Å². The van der Waals surface area contributed by atoms with Crippen molar-refractivity contribution in [1.29, 1.82) is 0 Å². The first-order chi connectivity index (χ1) is 6.46. The molecule has 0 saturated heterocycles. The zero-order chi connectivity index (χ0) is 10.8. The van der Waals surface area contributed by atoms with Gasteiger partial charge in [0, 0.05) is 5.54 Å². The van der Waals surface area contributed by atoms with E-state index in [9.17, 15) is 4.79 Å². The summed E-state index contributed by atoms with van der Waals surface area (Å²) < 4.78 is 0. The van der Waals surface area contributed by atoms with Gasteiger partial charge in [-0.3, -0.25) is 4.79 Å². The number of hydrogen-bond donors (Lipinski definition) is 2. The Balaban J connectivity index is 2.56. The van der Waals surface area contributed by atoms with Crippen molar-refractivity contribution in [2.24, 2.45) is 5.73 Å². The lowest BCUT2D eigenvalue weighted by molar-refractivity contribution is -0.129. The molecule has 0 spiro atoms. The second kappa shape index (κ2) is 3.89. The number of carbonyl (C=O) groups is 1. The van der Waals surface area contributed by atoms with Crippen LogP contribution >= 0.6 is 0 Å². The van der Waals surface area contributed by atoms with Gasteiger partial charge >= 0.3 is 0 Å². The smallest absolute Gasteiger partial charge is 0.240 e. The molecule has 0 aromatic rings. The van der Waals surface area contributed by atoms with Crippen LogP contribution in [-0.4, -0.2) is 17.0 Å². The van der Waals surface area contributed by atoms with E-state index in [0.717, 1.165) is 12.8 Å². The van der Waals surface area contributed by atoms with Gasteiger partial charge in [0.25, 0.3) is 0 Å². The largest absolute Gasteiger partial charge is 0.349 e. The molecule has 82 valence electrons. The van der Waals surface area contributed by atoms with Gasteiger partial charge in [0.2, 0.25) is 5.91 Å². The normalized spacial score (nSPS) is 20.0. The van der Waals surface area contributed by atoms with Crippen LogP contribution in [0.4, 0.5) is 0 Å². The van der Waals surface area contributed by atoms with Gasteiger partial charge in [0.15, 0.2) is 0 Å². The fourth-order valence-electron chi connectivity index (χ4n) is 1.80. The molecule has 3 heteroatoms. The van der Waals surface area contributed by atoms with Gasteiger partial charge in [-0.15, -0.1) is 0 Å². The van der Waals surface area contributed by atoms with Crippen molar-refractivity contribution in [3.8, 4) is 0 Å². The highest BCUT2D eigenvalue weighted by Crippen LogP contribution is 2.31. The molecule has 1 aliphatic carbocycles. The Hall–Kier alpha value is -0.570. The van der Waals surface area contributed by atoms with Gasteiger partial charge in [0.1, 0.15) is 0 Å². The van der Waals surface area contributed by atoms with Crippen LogP contribution in [0, 0.1) is 0 Å². The molecule has 1 saturated carbocycles. The Morgan fingerprint density at radius 3 is 2.21 bits per heavy atom. The molecule has 0 bridgehead atoms. The number of hydrogen-bond acceptors (Lipinski definition) is 2. The Morgan fingerprint density at radius 1 is 1.43 bits per heavy atom. The van der Waals surface area contributed by atoms with E-state index in [4.69, 9.17) is 5.73 Å². The Kier molecular flexibility index (Phi) is 3.20. The van der Waals surface area contributed by atoms with Crippen molar-refractivity contribution >= 4 is 5.91 Å². The molecule has 1 fully saturated rings. The maximum absolute atomic E-state index is 11.9. The quantitative estimate of drug-likeness (QED) is 0.720. The first kappa shape index (κ1) is 11.5. The van der Waals surface area contributed by atoms with Crippen molar-refractivity contribution < 1.29 is 4.79 Å². The molecular weight excluding hydrogens is 176 g/mol. The van der Waals surface area contributed by atoms with Crippen molar-refractivity contribution in [2.45, 2.75) is 64.0 Å². The number of carbonyl (C=O) groups excluding carboxylic acids is 1. The molecule has 3 N–H and O–H groups in total. The summed E-state index contributed by atoms with van der Waals surface area (Å²) in [5.74, 6) is 0.0182.